The normalized spacial score (nSPS) is 15.6. The Bertz CT molecular complexity index is 1550. The number of nitrogens with zero attached hydrogens (tertiary/aromatic N) is 2. The minimum atomic E-state index is -0.685. The number of hydrogen-bond acceptors (Lipinski definition) is 7. The van der Waals surface area contributed by atoms with Gasteiger partial charge >= 0.3 is 5.97 Å². The zero-order valence-electron chi connectivity index (χ0n) is 22.9. The van der Waals surface area contributed by atoms with Crippen LogP contribution >= 0.6 is 11.3 Å². The number of hydrogen-bond donors (Lipinski definition) is 1. The van der Waals surface area contributed by atoms with Crippen LogP contribution in [0.4, 0.5) is 0 Å². The number of aromatic hydroxyl groups is 1. The molecule has 1 atom stereocenters. The first-order valence-corrected chi connectivity index (χ1v) is 13.6. The van der Waals surface area contributed by atoms with E-state index >= 15 is 0 Å². The van der Waals surface area contributed by atoms with E-state index < -0.39 is 12.0 Å². The monoisotopic (exact) mass is 534 g/mol. The molecule has 1 aliphatic rings. The van der Waals surface area contributed by atoms with Crippen molar-refractivity contribution < 1.29 is 19.4 Å². The highest BCUT2D eigenvalue weighted by Crippen LogP contribution is 2.35. The van der Waals surface area contributed by atoms with Crippen molar-refractivity contribution in [3.05, 3.63) is 89.6 Å². The highest BCUT2D eigenvalue weighted by molar-refractivity contribution is 7.07. The molecule has 2 aromatic carbocycles. The van der Waals surface area contributed by atoms with Gasteiger partial charge in [0.15, 0.2) is 4.80 Å². The van der Waals surface area contributed by atoms with E-state index in [4.69, 9.17) is 9.47 Å². The molecule has 0 radical (unpaired) electrons. The quantitative estimate of drug-likeness (QED) is 0.442. The van der Waals surface area contributed by atoms with Gasteiger partial charge in [-0.25, -0.2) is 9.79 Å². The Kier molecular flexibility index (Phi) is 7.92. The zero-order valence-corrected chi connectivity index (χ0v) is 23.7. The van der Waals surface area contributed by atoms with Gasteiger partial charge < -0.3 is 14.6 Å². The Hall–Kier alpha value is -3.65. The fraction of sp³-hybridized carbons (Fsp3) is 0.367. The molecule has 2 heterocycles. The molecule has 0 aliphatic carbocycles. The lowest BCUT2D eigenvalue weighted by Gasteiger charge is -2.24. The van der Waals surface area contributed by atoms with Crippen LogP contribution in [0.1, 0.15) is 81.7 Å². The molecule has 0 unspecified atom stereocenters. The van der Waals surface area contributed by atoms with Crippen LogP contribution in [0.25, 0.3) is 6.08 Å². The average Bonchev–Trinajstić information content (AvgIpc) is 3.18. The molecule has 4 rings (SSSR count). The minimum Gasteiger partial charge on any atom is -0.507 e. The molecule has 7 nitrogen and oxygen atoms in total. The average molecular weight is 535 g/mol. The fourth-order valence-electron chi connectivity index (χ4n) is 4.71. The highest BCUT2D eigenvalue weighted by atomic mass is 32.1. The fourth-order valence-corrected chi connectivity index (χ4v) is 5.76. The number of ether oxygens (including phenoxy) is 2. The van der Waals surface area contributed by atoms with Gasteiger partial charge in [0.2, 0.25) is 0 Å². The van der Waals surface area contributed by atoms with Crippen LogP contribution < -0.4 is 19.6 Å². The summed E-state index contributed by atoms with van der Waals surface area (Å²) in [4.78, 5) is 32.1. The third-order valence-electron chi connectivity index (χ3n) is 6.68. The molecule has 0 bridgehead atoms. The number of carbonyl (C=O) groups is 1. The molecule has 0 spiro atoms. The van der Waals surface area contributed by atoms with Crippen LogP contribution in [0.2, 0.25) is 0 Å². The first-order chi connectivity index (χ1) is 18.1. The lowest BCUT2D eigenvalue weighted by Crippen LogP contribution is -2.39. The van der Waals surface area contributed by atoms with Crippen molar-refractivity contribution in [3.63, 3.8) is 0 Å². The molecule has 200 valence electrons. The number of carbonyl (C=O) groups excluding carboxylic acids is 1. The molecular formula is C30H34N2O5S. The molecule has 3 aromatic rings. The van der Waals surface area contributed by atoms with Crippen LogP contribution in [0.3, 0.4) is 0 Å². The number of methoxy groups -OCH3 is 1. The number of thiazole rings is 1. The molecule has 1 aliphatic heterocycles. The summed E-state index contributed by atoms with van der Waals surface area (Å²) in [5.41, 5.74) is 3.88. The van der Waals surface area contributed by atoms with Crippen molar-refractivity contribution in [3.8, 4) is 11.5 Å². The van der Waals surface area contributed by atoms with Crippen LogP contribution in [-0.4, -0.2) is 29.4 Å². The SMILES string of the molecule is CCOC(=O)C1=C(C)N=c2s/c(=C\c3cc(C(C)C)c(O)c(C(C)C)c3)c(=O)n2[C@@H]1c1ccc(OC)cc1. The third-order valence-corrected chi connectivity index (χ3v) is 7.66. The maximum absolute atomic E-state index is 13.9. The Morgan fingerprint density at radius 1 is 1.13 bits per heavy atom. The second-order valence-corrected chi connectivity index (χ2v) is 10.9. The first-order valence-electron chi connectivity index (χ1n) is 12.8. The van der Waals surface area contributed by atoms with Crippen molar-refractivity contribution in [1.29, 1.82) is 0 Å². The topological polar surface area (TPSA) is 90.1 Å². The maximum atomic E-state index is 13.9. The molecule has 1 aromatic heterocycles. The van der Waals surface area contributed by atoms with E-state index in [1.54, 1.807) is 37.7 Å². The first kappa shape index (κ1) is 27.4. The predicted molar refractivity (Wildman–Crippen MR) is 150 cm³/mol. The van der Waals surface area contributed by atoms with Crippen molar-refractivity contribution in [2.24, 2.45) is 4.99 Å². The van der Waals surface area contributed by atoms with E-state index in [1.807, 2.05) is 58.0 Å². The highest BCUT2D eigenvalue weighted by Gasteiger charge is 2.33. The Labute approximate surface area is 226 Å². The summed E-state index contributed by atoms with van der Waals surface area (Å²) >= 11 is 1.28. The van der Waals surface area contributed by atoms with Crippen molar-refractivity contribution in [1.82, 2.24) is 4.57 Å². The van der Waals surface area contributed by atoms with Gasteiger partial charge in [-0.1, -0.05) is 51.2 Å². The predicted octanol–water partition coefficient (Wildman–Crippen LogP) is 4.76. The van der Waals surface area contributed by atoms with E-state index in [-0.39, 0.29) is 24.0 Å². The number of benzene rings is 2. The van der Waals surface area contributed by atoms with Gasteiger partial charge in [0.1, 0.15) is 11.5 Å². The van der Waals surface area contributed by atoms with E-state index in [2.05, 4.69) is 4.99 Å². The van der Waals surface area contributed by atoms with Gasteiger partial charge in [-0.05, 0) is 78.3 Å². The van der Waals surface area contributed by atoms with E-state index in [9.17, 15) is 14.7 Å². The minimum absolute atomic E-state index is 0.118. The number of phenols is 1. The number of fused-ring (bicyclic) bond motifs is 1. The van der Waals surface area contributed by atoms with Gasteiger partial charge in [-0.3, -0.25) is 9.36 Å². The number of esters is 1. The number of allylic oxidation sites excluding steroid dienone is 1. The summed E-state index contributed by atoms with van der Waals surface area (Å²) in [5, 5.41) is 10.8. The number of phenolic OH excluding ortho intramolecular Hbond substituents is 1. The maximum Gasteiger partial charge on any atom is 0.338 e. The summed E-state index contributed by atoms with van der Waals surface area (Å²) in [7, 11) is 1.59. The molecule has 0 saturated heterocycles. The molecule has 0 fully saturated rings. The van der Waals surface area contributed by atoms with Gasteiger partial charge in [-0.2, -0.15) is 0 Å². The number of rotatable bonds is 7. The van der Waals surface area contributed by atoms with Gasteiger partial charge in [0.25, 0.3) is 5.56 Å². The van der Waals surface area contributed by atoms with Gasteiger partial charge in [-0.15, -0.1) is 0 Å². The van der Waals surface area contributed by atoms with Crippen LogP contribution in [0, 0.1) is 0 Å². The van der Waals surface area contributed by atoms with Crippen LogP contribution in [-0.2, 0) is 9.53 Å². The van der Waals surface area contributed by atoms with E-state index in [0.717, 1.165) is 22.3 Å². The van der Waals surface area contributed by atoms with Crippen molar-refractivity contribution in [2.45, 2.75) is 59.4 Å². The number of aromatic nitrogens is 1. The van der Waals surface area contributed by atoms with Gasteiger partial charge in [0, 0.05) is 0 Å². The lowest BCUT2D eigenvalue weighted by molar-refractivity contribution is -0.139. The molecule has 8 heteroatoms. The summed E-state index contributed by atoms with van der Waals surface area (Å²) < 4.78 is 12.7. The molecule has 38 heavy (non-hydrogen) atoms. The van der Waals surface area contributed by atoms with E-state index in [1.165, 1.54) is 11.3 Å². The Balaban J connectivity index is 1.96. The molecule has 0 saturated carbocycles. The summed E-state index contributed by atoms with van der Waals surface area (Å²) in [6.07, 6.45) is 1.84. The van der Waals surface area contributed by atoms with Gasteiger partial charge in [0.05, 0.1) is 35.6 Å². The Morgan fingerprint density at radius 2 is 1.74 bits per heavy atom. The molecular weight excluding hydrogens is 500 g/mol. The Morgan fingerprint density at radius 3 is 2.26 bits per heavy atom. The largest absolute Gasteiger partial charge is 0.507 e. The summed E-state index contributed by atoms with van der Waals surface area (Å²) in [6.45, 7) is 11.9. The third kappa shape index (κ3) is 5.05. The van der Waals surface area contributed by atoms with E-state index in [0.29, 0.717) is 32.1 Å². The summed E-state index contributed by atoms with van der Waals surface area (Å²) in [5.74, 6) is 0.723. The lowest BCUT2D eigenvalue weighted by atomic mass is 9.91. The summed E-state index contributed by atoms with van der Waals surface area (Å²) in [6, 6.07) is 10.5. The molecule has 1 N–H and O–H groups in total. The van der Waals surface area contributed by atoms with Crippen molar-refractivity contribution >= 4 is 23.4 Å². The second kappa shape index (κ2) is 11.0. The standard InChI is InChI=1S/C30H34N2O5S/c1-8-37-29(35)25-18(6)31-30-32(26(25)20-9-11-21(36-7)12-10-20)28(34)24(38-30)15-19-13-22(16(2)3)27(33)23(14-19)17(4)5/h9-17,26,33H,8H2,1-7H3/b24-15-/t26-/m1/s1. The van der Waals surface area contributed by atoms with Crippen LogP contribution in [0.5, 0.6) is 11.5 Å². The zero-order chi connectivity index (χ0) is 27.7. The smallest absolute Gasteiger partial charge is 0.338 e. The molecule has 0 amide bonds. The van der Waals surface area contributed by atoms with Crippen molar-refractivity contribution in [2.75, 3.05) is 13.7 Å². The second-order valence-electron chi connectivity index (χ2n) is 9.93. The van der Waals surface area contributed by atoms with Crippen LogP contribution in [0.15, 0.2) is 57.5 Å².